The maximum atomic E-state index is 12.4. The summed E-state index contributed by atoms with van der Waals surface area (Å²) < 4.78 is 1.70. The molecule has 26 heavy (non-hydrogen) atoms. The molecule has 0 radical (unpaired) electrons. The van der Waals surface area contributed by atoms with Gasteiger partial charge in [0.25, 0.3) is 0 Å². The molecular formula is C19H15N5O2. The number of nitrogens with zero attached hydrogens (tertiary/aromatic N) is 3. The standard InChI is InChI=1S/C19H15N5O2/c1-12-8-13(2-6-17(12)24-11-20-10-21-24)3-7-18(25)14-4-5-15-16(9-14)23-19(26)22-15/h2-11H,1H3,(H2,22,23,26). The summed E-state index contributed by atoms with van der Waals surface area (Å²) in [5, 5.41) is 4.12. The molecule has 0 aliphatic carbocycles. The summed E-state index contributed by atoms with van der Waals surface area (Å²) in [7, 11) is 0. The fourth-order valence-corrected chi connectivity index (χ4v) is 2.83. The maximum absolute atomic E-state index is 12.4. The quantitative estimate of drug-likeness (QED) is 0.439. The molecule has 2 aromatic heterocycles. The van der Waals surface area contributed by atoms with Gasteiger partial charge in [0, 0.05) is 5.56 Å². The number of aryl methyl sites for hydroxylation is 1. The lowest BCUT2D eigenvalue weighted by Gasteiger charge is -2.06. The fourth-order valence-electron chi connectivity index (χ4n) is 2.83. The van der Waals surface area contributed by atoms with Gasteiger partial charge in [0.2, 0.25) is 0 Å². The zero-order valence-corrected chi connectivity index (χ0v) is 13.9. The first-order valence-corrected chi connectivity index (χ1v) is 8.00. The Morgan fingerprint density at radius 2 is 1.96 bits per heavy atom. The molecule has 7 nitrogen and oxygen atoms in total. The first kappa shape index (κ1) is 15.8. The number of fused-ring (bicyclic) bond motifs is 1. The number of benzene rings is 2. The van der Waals surface area contributed by atoms with Crippen molar-refractivity contribution in [2.45, 2.75) is 6.92 Å². The number of carbonyl (C=O) groups excluding carboxylic acids is 1. The van der Waals surface area contributed by atoms with E-state index in [2.05, 4.69) is 20.1 Å². The summed E-state index contributed by atoms with van der Waals surface area (Å²) in [6, 6.07) is 10.9. The van der Waals surface area contributed by atoms with Gasteiger partial charge in [-0.1, -0.05) is 12.1 Å². The number of ketones is 1. The van der Waals surface area contributed by atoms with Crippen molar-refractivity contribution in [2.75, 3.05) is 0 Å². The number of imidazole rings is 1. The molecule has 0 spiro atoms. The summed E-state index contributed by atoms with van der Waals surface area (Å²) in [5.41, 5.74) is 4.39. The van der Waals surface area contributed by atoms with Crippen molar-refractivity contribution in [2.24, 2.45) is 0 Å². The third-order valence-electron chi connectivity index (χ3n) is 4.11. The number of carbonyl (C=O) groups is 1. The molecule has 2 N–H and O–H groups in total. The highest BCUT2D eigenvalue weighted by molar-refractivity contribution is 6.08. The molecule has 2 aromatic carbocycles. The number of aromatic nitrogens is 5. The number of rotatable bonds is 4. The number of aromatic amines is 2. The van der Waals surface area contributed by atoms with Crippen LogP contribution in [0, 0.1) is 6.92 Å². The second kappa shape index (κ2) is 6.29. The van der Waals surface area contributed by atoms with Crippen LogP contribution in [0.5, 0.6) is 0 Å². The van der Waals surface area contributed by atoms with Crippen molar-refractivity contribution in [1.82, 2.24) is 24.7 Å². The van der Waals surface area contributed by atoms with Gasteiger partial charge in [0.05, 0.1) is 16.7 Å². The smallest absolute Gasteiger partial charge is 0.306 e. The molecule has 7 heteroatoms. The Labute approximate surface area is 148 Å². The number of allylic oxidation sites excluding steroid dienone is 1. The van der Waals surface area contributed by atoms with Crippen LogP contribution in [0.2, 0.25) is 0 Å². The molecule has 0 amide bonds. The number of H-pyrrole nitrogens is 2. The average Bonchev–Trinajstić information content (AvgIpc) is 3.27. The first-order valence-electron chi connectivity index (χ1n) is 8.00. The summed E-state index contributed by atoms with van der Waals surface area (Å²) in [6.45, 7) is 1.98. The second-order valence-electron chi connectivity index (χ2n) is 5.92. The van der Waals surface area contributed by atoms with Gasteiger partial charge >= 0.3 is 5.69 Å². The van der Waals surface area contributed by atoms with E-state index >= 15 is 0 Å². The molecule has 0 atom stereocenters. The predicted molar refractivity (Wildman–Crippen MR) is 98.4 cm³/mol. The third kappa shape index (κ3) is 2.98. The van der Waals surface area contributed by atoms with Gasteiger partial charge in [-0.2, -0.15) is 5.10 Å². The van der Waals surface area contributed by atoms with E-state index in [9.17, 15) is 9.59 Å². The molecule has 0 aliphatic heterocycles. The minimum absolute atomic E-state index is 0.132. The zero-order chi connectivity index (χ0) is 18.1. The molecule has 0 saturated carbocycles. The largest absolute Gasteiger partial charge is 0.323 e. The van der Waals surface area contributed by atoms with E-state index in [4.69, 9.17) is 0 Å². The van der Waals surface area contributed by atoms with E-state index in [0.29, 0.717) is 16.6 Å². The van der Waals surface area contributed by atoms with Crippen LogP contribution in [0.15, 0.2) is 59.9 Å². The van der Waals surface area contributed by atoms with Gasteiger partial charge in [-0.25, -0.2) is 14.5 Å². The third-order valence-corrected chi connectivity index (χ3v) is 4.11. The Balaban J connectivity index is 1.57. The fraction of sp³-hybridized carbons (Fsp3) is 0.0526. The Hall–Kier alpha value is -3.74. The van der Waals surface area contributed by atoms with E-state index in [1.807, 2.05) is 25.1 Å². The number of hydrogen-bond acceptors (Lipinski definition) is 4. The zero-order valence-electron chi connectivity index (χ0n) is 13.9. The SMILES string of the molecule is Cc1cc(C=CC(=O)c2ccc3[nH]c(=O)[nH]c3c2)ccc1-n1cncn1. The number of nitrogens with one attached hydrogen (secondary N) is 2. The summed E-state index contributed by atoms with van der Waals surface area (Å²) in [5.74, 6) is -0.132. The molecule has 128 valence electrons. The molecule has 4 rings (SSSR count). The van der Waals surface area contributed by atoms with Crippen molar-refractivity contribution in [1.29, 1.82) is 0 Å². The van der Waals surface area contributed by atoms with Crippen LogP contribution in [-0.4, -0.2) is 30.5 Å². The monoisotopic (exact) mass is 345 g/mol. The lowest BCUT2D eigenvalue weighted by atomic mass is 10.1. The normalized spacial score (nSPS) is 11.4. The lowest BCUT2D eigenvalue weighted by molar-refractivity contribution is 0.104. The summed E-state index contributed by atoms with van der Waals surface area (Å²) in [4.78, 5) is 33.0. The molecule has 4 aromatic rings. The highest BCUT2D eigenvalue weighted by Crippen LogP contribution is 2.16. The van der Waals surface area contributed by atoms with Gasteiger partial charge in [0.15, 0.2) is 5.78 Å². The minimum atomic E-state index is -0.289. The number of hydrogen-bond donors (Lipinski definition) is 2. The molecule has 0 unspecified atom stereocenters. The lowest BCUT2D eigenvalue weighted by Crippen LogP contribution is -1.99. The second-order valence-corrected chi connectivity index (χ2v) is 5.92. The van der Waals surface area contributed by atoms with Gasteiger partial charge in [0.1, 0.15) is 12.7 Å². The van der Waals surface area contributed by atoms with Crippen LogP contribution in [0.1, 0.15) is 21.5 Å². The van der Waals surface area contributed by atoms with E-state index < -0.39 is 0 Å². The van der Waals surface area contributed by atoms with Crippen molar-refractivity contribution >= 4 is 22.9 Å². The van der Waals surface area contributed by atoms with Gasteiger partial charge < -0.3 is 9.97 Å². The van der Waals surface area contributed by atoms with Gasteiger partial charge in [-0.15, -0.1) is 0 Å². The topological polar surface area (TPSA) is 96.4 Å². The molecule has 2 heterocycles. The Morgan fingerprint density at radius 1 is 1.12 bits per heavy atom. The summed E-state index contributed by atoms with van der Waals surface area (Å²) >= 11 is 0. The van der Waals surface area contributed by atoms with Crippen molar-refractivity contribution in [3.63, 3.8) is 0 Å². The van der Waals surface area contributed by atoms with Crippen molar-refractivity contribution in [3.05, 3.63) is 82.3 Å². The Kier molecular flexibility index (Phi) is 3.81. The molecule has 0 fully saturated rings. The highest BCUT2D eigenvalue weighted by Gasteiger charge is 2.06. The van der Waals surface area contributed by atoms with E-state index in [0.717, 1.165) is 16.8 Å². The van der Waals surface area contributed by atoms with Crippen LogP contribution in [-0.2, 0) is 0 Å². The first-order chi connectivity index (χ1) is 12.6. The molecular weight excluding hydrogens is 330 g/mol. The van der Waals surface area contributed by atoms with Crippen LogP contribution in [0.25, 0.3) is 22.8 Å². The Bertz CT molecular complexity index is 1180. The van der Waals surface area contributed by atoms with Gasteiger partial charge in [-0.3, -0.25) is 4.79 Å². The maximum Gasteiger partial charge on any atom is 0.323 e. The Morgan fingerprint density at radius 3 is 2.73 bits per heavy atom. The van der Waals surface area contributed by atoms with E-state index in [1.54, 1.807) is 35.3 Å². The predicted octanol–water partition coefficient (Wildman–Crippen LogP) is 2.64. The van der Waals surface area contributed by atoms with Crippen LogP contribution < -0.4 is 5.69 Å². The van der Waals surface area contributed by atoms with Crippen LogP contribution >= 0.6 is 0 Å². The van der Waals surface area contributed by atoms with Gasteiger partial charge in [-0.05, 0) is 54.5 Å². The van der Waals surface area contributed by atoms with Crippen LogP contribution in [0.4, 0.5) is 0 Å². The minimum Gasteiger partial charge on any atom is -0.306 e. The van der Waals surface area contributed by atoms with E-state index in [-0.39, 0.29) is 11.5 Å². The van der Waals surface area contributed by atoms with Crippen molar-refractivity contribution in [3.8, 4) is 5.69 Å². The molecule has 0 saturated heterocycles. The summed E-state index contributed by atoms with van der Waals surface area (Å²) in [6.07, 6.45) is 6.42. The molecule has 0 bridgehead atoms. The molecule has 0 aliphatic rings. The highest BCUT2D eigenvalue weighted by atomic mass is 16.1. The van der Waals surface area contributed by atoms with Crippen LogP contribution in [0.3, 0.4) is 0 Å². The van der Waals surface area contributed by atoms with E-state index in [1.165, 1.54) is 12.4 Å². The average molecular weight is 345 g/mol. The van der Waals surface area contributed by atoms with Crippen molar-refractivity contribution < 1.29 is 4.79 Å².